The minimum absolute atomic E-state index is 0.356. The molecule has 1 aromatic rings. The van der Waals surface area contributed by atoms with Gasteiger partial charge in [-0.15, -0.1) is 0 Å². The smallest absolute Gasteiger partial charge is 0.423 e. The minimum Gasteiger partial charge on any atom is -0.423 e. The van der Waals surface area contributed by atoms with Gasteiger partial charge in [-0.3, -0.25) is 4.98 Å². The van der Waals surface area contributed by atoms with Crippen LogP contribution in [0.3, 0.4) is 0 Å². The maximum Gasteiger partial charge on any atom is 0.488 e. The van der Waals surface area contributed by atoms with Crippen molar-refractivity contribution in [1.29, 1.82) is 0 Å². The van der Waals surface area contributed by atoms with Crippen LogP contribution in [-0.2, 0) is 9.47 Å². The first kappa shape index (κ1) is 11.1. The number of rotatable bonds is 4. The molecule has 76 valence electrons. The molecule has 1 rings (SSSR count). The molecule has 2 N–H and O–H groups in total. The summed E-state index contributed by atoms with van der Waals surface area (Å²) in [5.74, 6) is 0. The molecule has 0 aliphatic carbocycles. The zero-order valence-electron chi connectivity index (χ0n) is 8.04. The van der Waals surface area contributed by atoms with E-state index in [2.05, 4.69) is 4.98 Å². The zero-order chi connectivity index (χ0) is 10.6. The van der Waals surface area contributed by atoms with E-state index in [1.165, 1.54) is 32.5 Å². The molecular formula is C8H12BNO4. The topological polar surface area (TPSA) is 71.8 Å². The first-order chi connectivity index (χ1) is 6.69. The zero-order valence-corrected chi connectivity index (χ0v) is 8.04. The highest BCUT2D eigenvalue weighted by Crippen LogP contribution is 2.12. The monoisotopic (exact) mass is 197 g/mol. The molecule has 5 nitrogen and oxygen atoms in total. The second-order valence-electron chi connectivity index (χ2n) is 2.69. The fourth-order valence-corrected chi connectivity index (χ4v) is 1.09. The molecule has 0 saturated carbocycles. The molecule has 0 aromatic carbocycles. The molecule has 0 fully saturated rings. The van der Waals surface area contributed by atoms with Crippen molar-refractivity contribution in [3.63, 3.8) is 0 Å². The average molecular weight is 197 g/mol. The average Bonchev–Trinajstić information content (AvgIpc) is 2.20. The molecule has 14 heavy (non-hydrogen) atoms. The van der Waals surface area contributed by atoms with Crippen molar-refractivity contribution in [1.82, 2.24) is 4.98 Å². The molecule has 0 atom stereocenters. The van der Waals surface area contributed by atoms with Crippen molar-refractivity contribution in [2.45, 2.75) is 6.29 Å². The van der Waals surface area contributed by atoms with Gasteiger partial charge in [-0.05, 0) is 17.6 Å². The Morgan fingerprint density at radius 3 is 2.50 bits per heavy atom. The summed E-state index contributed by atoms with van der Waals surface area (Å²) in [6, 6.07) is 3.03. The van der Waals surface area contributed by atoms with Gasteiger partial charge in [0.1, 0.15) is 0 Å². The van der Waals surface area contributed by atoms with E-state index < -0.39 is 13.4 Å². The van der Waals surface area contributed by atoms with Crippen molar-refractivity contribution in [2.75, 3.05) is 14.2 Å². The maximum atomic E-state index is 8.92. The van der Waals surface area contributed by atoms with Crippen molar-refractivity contribution in [3.05, 3.63) is 24.0 Å². The van der Waals surface area contributed by atoms with E-state index in [1.807, 2.05) is 0 Å². The van der Waals surface area contributed by atoms with Gasteiger partial charge in [-0.2, -0.15) is 0 Å². The lowest BCUT2D eigenvalue weighted by Gasteiger charge is -2.13. The first-order valence-corrected chi connectivity index (χ1v) is 4.06. The van der Waals surface area contributed by atoms with Gasteiger partial charge in [-0.1, -0.05) is 0 Å². The number of ether oxygens (including phenoxy) is 2. The largest absolute Gasteiger partial charge is 0.488 e. The third-order valence-corrected chi connectivity index (χ3v) is 1.77. The Kier molecular flexibility index (Phi) is 4.03. The van der Waals surface area contributed by atoms with Gasteiger partial charge in [0.25, 0.3) is 0 Å². The summed E-state index contributed by atoms with van der Waals surface area (Å²) < 4.78 is 9.94. The second kappa shape index (κ2) is 5.06. The summed E-state index contributed by atoms with van der Waals surface area (Å²) in [4.78, 5) is 3.99. The van der Waals surface area contributed by atoms with Gasteiger partial charge in [-0.25, -0.2) is 0 Å². The number of pyridine rings is 1. The molecule has 1 aromatic heterocycles. The summed E-state index contributed by atoms with van der Waals surface area (Å²) in [7, 11) is 1.46. The van der Waals surface area contributed by atoms with E-state index in [4.69, 9.17) is 19.5 Å². The minimum atomic E-state index is -1.51. The number of aromatic nitrogens is 1. The second-order valence-corrected chi connectivity index (χ2v) is 2.69. The molecule has 6 heteroatoms. The molecule has 0 amide bonds. The highest BCUT2D eigenvalue weighted by atomic mass is 16.7. The molecule has 0 spiro atoms. The lowest BCUT2D eigenvalue weighted by molar-refractivity contribution is -0.108. The predicted molar refractivity (Wildman–Crippen MR) is 50.8 cm³/mol. The van der Waals surface area contributed by atoms with Crippen LogP contribution < -0.4 is 5.46 Å². The quantitative estimate of drug-likeness (QED) is 0.481. The van der Waals surface area contributed by atoms with Crippen LogP contribution in [0.25, 0.3) is 0 Å². The molecule has 1 heterocycles. The van der Waals surface area contributed by atoms with E-state index in [0.29, 0.717) is 11.2 Å². The van der Waals surface area contributed by atoms with Gasteiger partial charge < -0.3 is 19.5 Å². The van der Waals surface area contributed by atoms with Crippen LogP contribution in [0.15, 0.2) is 18.3 Å². The highest BCUT2D eigenvalue weighted by molar-refractivity contribution is 6.58. The summed E-state index contributed by atoms with van der Waals surface area (Å²) in [6.45, 7) is 0. The van der Waals surface area contributed by atoms with Gasteiger partial charge in [0.15, 0.2) is 0 Å². The van der Waals surface area contributed by atoms with Crippen molar-refractivity contribution in [2.24, 2.45) is 0 Å². The molecule has 0 saturated heterocycles. The van der Waals surface area contributed by atoms with E-state index in [1.54, 1.807) is 0 Å². The van der Waals surface area contributed by atoms with Crippen LogP contribution in [0.1, 0.15) is 12.0 Å². The molecule has 0 aliphatic heterocycles. The van der Waals surface area contributed by atoms with Gasteiger partial charge in [0, 0.05) is 20.4 Å². The normalized spacial score (nSPS) is 10.6. The molecule has 0 radical (unpaired) electrons. The Hall–Kier alpha value is -0.945. The van der Waals surface area contributed by atoms with Gasteiger partial charge in [0.05, 0.1) is 5.69 Å². The third-order valence-electron chi connectivity index (χ3n) is 1.77. The lowest BCUT2D eigenvalue weighted by Crippen LogP contribution is -2.30. The van der Waals surface area contributed by atoms with Crippen molar-refractivity contribution < 1.29 is 19.5 Å². The summed E-state index contributed by atoms with van der Waals surface area (Å²) in [5, 5.41) is 17.8. The van der Waals surface area contributed by atoms with Crippen LogP contribution in [0.2, 0.25) is 0 Å². The van der Waals surface area contributed by atoms with Crippen molar-refractivity contribution >= 4 is 12.6 Å². The van der Waals surface area contributed by atoms with Crippen LogP contribution in [0.4, 0.5) is 0 Å². The van der Waals surface area contributed by atoms with E-state index >= 15 is 0 Å². The standard InChI is InChI=1S/C8H12BNO4/c1-13-8(14-2)7-5-6(9(11)12)3-4-10-7/h3-5,8,11-12H,1-2H3. The summed E-state index contributed by atoms with van der Waals surface area (Å²) in [6.07, 6.45) is 0.878. The number of methoxy groups -OCH3 is 2. The Bertz CT molecular complexity index is 290. The Morgan fingerprint density at radius 2 is 2.00 bits per heavy atom. The highest BCUT2D eigenvalue weighted by Gasteiger charge is 2.15. The summed E-state index contributed by atoms with van der Waals surface area (Å²) >= 11 is 0. The molecule has 0 aliphatic rings. The number of hydrogen-bond acceptors (Lipinski definition) is 5. The van der Waals surface area contributed by atoms with Crippen LogP contribution in [0.5, 0.6) is 0 Å². The van der Waals surface area contributed by atoms with Crippen molar-refractivity contribution in [3.8, 4) is 0 Å². The fourth-order valence-electron chi connectivity index (χ4n) is 1.09. The Labute approximate surface area is 82.5 Å². The van der Waals surface area contributed by atoms with Gasteiger partial charge in [0.2, 0.25) is 6.29 Å². The van der Waals surface area contributed by atoms with E-state index in [-0.39, 0.29) is 0 Å². The van der Waals surface area contributed by atoms with Crippen LogP contribution >= 0.6 is 0 Å². The number of hydrogen-bond donors (Lipinski definition) is 2. The Balaban J connectivity index is 2.92. The predicted octanol–water partition coefficient (Wildman–Crippen LogP) is -0.947. The fraction of sp³-hybridized carbons (Fsp3) is 0.375. The number of nitrogens with zero attached hydrogens (tertiary/aromatic N) is 1. The van der Waals surface area contributed by atoms with E-state index in [0.717, 1.165) is 0 Å². The third kappa shape index (κ3) is 2.52. The maximum absolute atomic E-state index is 8.92. The molecule has 0 unspecified atom stereocenters. The molecular weight excluding hydrogens is 185 g/mol. The van der Waals surface area contributed by atoms with Gasteiger partial charge >= 0.3 is 7.12 Å². The molecule has 0 bridgehead atoms. The van der Waals surface area contributed by atoms with E-state index in [9.17, 15) is 0 Å². The van der Waals surface area contributed by atoms with Crippen LogP contribution in [0, 0.1) is 0 Å². The van der Waals surface area contributed by atoms with Crippen LogP contribution in [-0.4, -0.2) is 36.4 Å². The SMILES string of the molecule is COC(OC)c1cc(B(O)O)ccn1. The first-order valence-electron chi connectivity index (χ1n) is 4.06. The lowest BCUT2D eigenvalue weighted by atomic mass is 9.80. The Morgan fingerprint density at radius 1 is 1.36 bits per heavy atom. The summed E-state index contributed by atoms with van der Waals surface area (Å²) in [5.41, 5.74) is 0.856.